The molecule has 0 saturated carbocycles. The Morgan fingerprint density at radius 2 is 2.00 bits per heavy atom. The van der Waals surface area contributed by atoms with E-state index in [0.29, 0.717) is 6.61 Å². The first kappa shape index (κ1) is 13.8. The lowest BCUT2D eigenvalue weighted by molar-refractivity contribution is 0.179. The van der Waals surface area contributed by atoms with E-state index in [2.05, 4.69) is 10.6 Å². The summed E-state index contributed by atoms with van der Waals surface area (Å²) in [6, 6.07) is 3.56. The standard InChI is InChI=1S/C11H14F2N2OS/c1-7(6-16-2)14-11(17)15-10-8(12)4-3-5-9(10)13/h3-5,7H,6H2,1-2H3,(H2,14,15,17). The number of nitrogens with one attached hydrogen (secondary N) is 2. The molecule has 0 amide bonds. The second-order valence-corrected chi connectivity index (χ2v) is 3.96. The molecule has 1 aromatic rings. The third-order valence-corrected chi connectivity index (χ3v) is 2.22. The van der Waals surface area contributed by atoms with E-state index >= 15 is 0 Å². The van der Waals surface area contributed by atoms with Crippen LogP contribution in [-0.4, -0.2) is 24.9 Å². The molecule has 6 heteroatoms. The summed E-state index contributed by atoms with van der Waals surface area (Å²) in [7, 11) is 1.56. The predicted molar refractivity (Wildman–Crippen MR) is 67.1 cm³/mol. The smallest absolute Gasteiger partial charge is 0.171 e. The van der Waals surface area contributed by atoms with Crippen molar-refractivity contribution in [1.29, 1.82) is 0 Å². The number of para-hydroxylation sites is 1. The highest BCUT2D eigenvalue weighted by atomic mass is 32.1. The monoisotopic (exact) mass is 260 g/mol. The molecule has 0 aromatic heterocycles. The Kier molecular flexibility index (Phi) is 5.24. The molecule has 0 heterocycles. The summed E-state index contributed by atoms with van der Waals surface area (Å²) in [5.41, 5.74) is -0.255. The maximum atomic E-state index is 13.3. The molecule has 0 aliphatic rings. The van der Waals surface area contributed by atoms with E-state index in [0.717, 1.165) is 12.1 Å². The van der Waals surface area contributed by atoms with Crippen LogP contribution in [-0.2, 0) is 4.74 Å². The van der Waals surface area contributed by atoms with Gasteiger partial charge in [0.05, 0.1) is 6.61 Å². The van der Waals surface area contributed by atoms with Crippen molar-refractivity contribution in [1.82, 2.24) is 5.32 Å². The molecule has 3 nitrogen and oxygen atoms in total. The fourth-order valence-electron chi connectivity index (χ4n) is 1.28. The summed E-state index contributed by atoms with van der Waals surface area (Å²) >= 11 is 4.93. The fourth-order valence-corrected chi connectivity index (χ4v) is 1.59. The van der Waals surface area contributed by atoms with Crippen LogP contribution in [0, 0.1) is 11.6 Å². The highest BCUT2D eigenvalue weighted by Gasteiger charge is 2.10. The van der Waals surface area contributed by atoms with Gasteiger partial charge < -0.3 is 15.4 Å². The molecule has 2 N–H and O–H groups in total. The second kappa shape index (κ2) is 6.46. The van der Waals surface area contributed by atoms with Gasteiger partial charge >= 0.3 is 0 Å². The van der Waals surface area contributed by atoms with Crippen LogP contribution >= 0.6 is 12.2 Å². The van der Waals surface area contributed by atoms with Gasteiger partial charge in [-0.25, -0.2) is 8.78 Å². The molecule has 0 saturated heterocycles. The van der Waals surface area contributed by atoms with Gasteiger partial charge in [0.1, 0.15) is 17.3 Å². The zero-order chi connectivity index (χ0) is 12.8. The second-order valence-electron chi connectivity index (χ2n) is 3.55. The molecule has 0 aliphatic heterocycles. The Morgan fingerprint density at radius 1 is 1.41 bits per heavy atom. The Morgan fingerprint density at radius 3 is 2.53 bits per heavy atom. The summed E-state index contributed by atoms with van der Waals surface area (Å²) in [5, 5.41) is 5.48. The number of halogens is 2. The molecule has 94 valence electrons. The van der Waals surface area contributed by atoms with Crippen molar-refractivity contribution in [2.45, 2.75) is 13.0 Å². The van der Waals surface area contributed by atoms with Gasteiger partial charge in [-0.3, -0.25) is 0 Å². The normalized spacial score (nSPS) is 12.0. The Hall–Kier alpha value is -1.27. The number of anilines is 1. The van der Waals surface area contributed by atoms with E-state index in [-0.39, 0.29) is 16.8 Å². The maximum absolute atomic E-state index is 13.3. The molecule has 1 atom stereocenters. The molecule has 1 aromatic carbocycles. The lowest BCUT2D eigenvalue weighted by Crippen LogP contribution is -2.38. The third kappa shape index (κ3) is 4.24. The first-order valence-electron chi connectivity index (χ1n) is 5.05. The zero-order valence-corrected chi connectivity index (χ0v) is 10.4. The number of ether oxygens (including phenoxy) is 1. The van der Waals surface area contributed by atoms with E-state index in [1.54, 1.807) is 7.11 Å². The van der Waals surface area contributed by atoms with E-state index in [1.165, 1.54) is 6.07 Å². The average molecular weight is 260 g/mol. The summed E-state index contributed by atoms with van der Waals surface area (Å²) in [6.07, 6.45) is 0. The molecule has 0 radical (unpaired) electrons. The van der Waals surface area contributed by atoms with E-state index in [1.807, 2.05) is 6.92 Å². The minimum atomic E-state index is -0.687. The SMILES string of the molecule is COCC(C)NC(=S)Nc1c(F)cccc1F. The molecule has 1 rings (SSSR count). The van der Waals surface area contributed by atoms with E-state index in [9.17, 15) is 8.78 Å². The van der Waals surface area contributed by atoms with Gasteiger partial charge in [-0.15, -0.1) is 0 Å². The maximum Gasteiger partial charge on any atom is 0.171 e. The summed E-state index contributed by atoms with van der Waals surface area (Å²) in [4.78, 5) is 0. The van der Waals surface area contributed by atoms with E-state index < -0.39 is 11.6 Å². The molecule has 0 aliphatic carbocycles. The molecule has 17 heavy (non-hydrogen) atoms. The van der Waals surface area contributed by atoms with Crippen LogP contribution in [0.3, 0.4) is 0 Å². The van der Waals surface area contributed by atoms with Crippen molar-refractivity contribution in [3.8, 4) is 0 Å². The van der Waals surface area contributed by atoms with Gasteiger partial charge in [-0.1, -0.05) is 6.07 Å². The third-order valence-electron chi connectivity index (χ3n) is 2.00. The largest absolute Gasteiger partial charge is 0.383 e. The molecule has 1 unspecified atom stereocenters. The van der Waals surface area contributed by atoms with Crippen LogP contribution in [0.15, 0.2) is 18.2 Å². The average Bonchev–Trinajstić information content (AvgIpc) is 2.24. The minimum Gasteiger partial charge on any atom is -0.383 e. The topological polar surface area (TPSA) is 33.3 Å². The van der Waals surface area contributed by atoms with E-state index in [4.69, 9.17) is 17.0 Å². The van der Waals surface area contributed by atoms with Crippen molar-refractivity contribution in [3.05, 3.63) is 29.8 Å². The Labute approximate surface area is 104 Å². The van der Waals surface area contributed by atoms with Crippen LogP contribution in [0.1, 0.15) is 6.92 Å². The number of benzene rings is 1. The lowest BCUT2D eigenvalue weighted by Gasteiger charge is -2.16. The number of hydrogen-bond donors (Lipinski definition) is 2. The van der Waals surface area contributed by atoms with Gasteiger partial charge in [-0.2, -0.15) is 0 Å². The van der Waals surface area contributed by atoms with Gasteiger partial charge in [0.2, 0.25) is 0 Å². The first-order chi connectivity index (χ1) is 8.04. The van der Waals surface area contributed by atoms with Crippen molar-refractivity contribution < 1.29 is 13.5 Å². The highest BCUT2D eigenvalue weighted by molar-refractivity contribution is 7.80. The molecular weight excluding hydrogens is 246 g/mol. The Bertz CT molecular complexity index is 381. The first-order valence-corrected chi connectivity index (χ1v) is 5.46. The van der Waals surface area contributed by atoms with Crippen LogP contribution in [0.5, 0.6) is 0 Å². The zero-order valence-electron chi connectivity index (χ0n) is 9.59. The quantitative estimate of drug-likeness (QED) is 0.814. The molecule has 0 fully saturated rings. The minimum absolute atomic E-state index is 0.0464. The summed E-state index contributed by atoms with van der Waals surface area (Å²) in [5.74, 6) is -1.37. The van der Waals surface area contributed by atoms with Gasteiger partial charge in [0.15, 0.2) is 5.11 Å². The molecule has 0 bridgehead atoms. The van der Waals surface area contributed by atoms with Crippen LogP contribution in [0.2, 0.25) is 0 Å². The summed E-state index contributed by atoms with van der Waals surface area (Å²) in [6.45, 7) is 2.29. The van der Waals surface area contributed by atoms with Crippen molar-refractivity contribution >= 4 is 23.0 Å². The lowest BCUT2D eigenvalue weighted by atomic mass is 10.3. The fraction of sp³-hybridized carbons (Fsp3) is 0.364. The molecule has 0 spiro atoms. The van der Waals surface area contributed by atoms with Crippen LogP contribution < -0.4 is 10.6 Å². The Balaban J connectivity index is 2.62. The van der Waals surface area contributed by atoms with Crippen LogP contribution in [0.25, 0.3) is 0 Å². The number of rotatable bonds is 4. The number of hydrogen-bond acceptors (Lipinski definition) is 2. The number of methoxy groups -OCH3 is 1. The predicted octanol–water partition coefficient (Wildman–Crippen LogP) is 2.29. The van der Waals surface area contributed by atoms with Crippen molar-refractivity contribution in [2.24, 2.45) is 0 Å². The van der Waals surface area contributed by atoms with Crippen molar-refractivity contribution in [3.63, 3.8) is 0 Å². The molecular formula is C11H14F2N2OS. The van der Waals surface area contributed by atoms with Crippen molar-refractivity contribution in [2.75, 3.05) is 19.0 Å². The number of thiocarbonyl (C=S) groups is 1. The van der Waals surface area contributed by atoms with Gasteiger partial charge in [0.25, 0.3) is 0 Å². The van der Waals surface area contributed by atoms with Crippen LogP contribution in [0.4, 0.5) is 14.5 Å². The summed E-state index contributed by atoms with van der Waals surface area (Å²) < 4.78 is 31.5. The highest BCUT2D eigenvalue weighted by Crippen LogP contribution is 2.17. The van der Waals surface area contributed by atoms with Gasteiger partial charge in [0, 0.05) is 13.2 Å². The van der Waals surface area contributed by atoms with Gasteiger partial charge in [-0.05, 0) is 31.3 Å².